The van der Waals surface area contributed by atoms with Crippen molar-refractivity contribution in [3.05, 3.63) is 60.4 Å². The van der Waals surface area contributed by atoms with Gasteiger partial charge in [0.2, 0.25) is 0 Å². The highest BCUT2D eigenvalue weighted by atomic mass is 14.9. The minimum Gasteiger partial charge on any atom is -0.385 e. The van der Waals surface area contributed by atoms with Crippen molar-refractivity contribution in [3.8, 4) is 0 Å². The third-order valence-electron chi connectivity index (χ3n) is 3.01. The number of hydrogen-bond acceptors (Lipinski definition) is 1. The summed E-state index contributed by atoms with van der Waals surface area (Å²) in [6.45, 7) is 2.03. The molecule has 84 valence electrons. The Morgan fingerprint density at radius 3 is 2.81 bits per heavy atom. The van der Waals surface area contributed by atoms with Crippen molar-refractivity contribution in [2.45, 2.75) is 25.8 Å². The first kappa shape index (κ1) is 11.0. The van der Waals surface area contributed by atoms with Crippen LogP contribution < -0.4 is 5.32 Å². The highest BCUT2D eigenvalue weighted by Crippen LogP contribution is 2.25. The molecule has 0 aliphatic heterocycles. The molecule has 0 saturated carbocycles. The van der Waals surface area contributed by atoms with Gasteiger partial charge in [0.1, 0.15) is 0 Å². The summed E-state index contributed by atoms with van der Waals surface area (Å²) in [7, 11) is 0. The highest BCUT2D eigenvalue weighted by Gasteiger charge is 2.13. The molecule has 0 heterocycles. The van der Waals surface area contributed by atoms with Crippen LogP contribution in [0.25, 0.3) is 0 Å². The van der Waals surface area contributed by atoms with E-state index < -0.39 is 0 Å². The van der Waals surface area contributed by atoms with Crippen LogP contribution in [0.5, 0.6) is 0 Å². The van der Waals surface area contributed by atoms with Crippen LogP contribution in [0.3, 0.4) is 0 Å². The minimum atomic E-state index is 0.461. The van der Waals surface area contributed by atoms with Crippen molar-refractivity contribution >= 4 is 0 Å². The lowest BCUT2D eigenvalue weighted by Crippen LogP contribution is -2.23. The van der Waals surface area contributed by atoms with Crippen LogP contribution in [0.2, 0.25) is 0 Å². The zero-order chi connectivity index (χ0) is 11.2. The van der Waals surface area contributed by atoms with Crippen LogP contribution >= 0.6 is 0 Å². The van der Waals surface area contributed by atoms with E-state index in [0.717, 1.165) is 12.8 Å². The molecule has 2 aliphatic rings. The second kappa shape index (κ2) is 5.55. The Morgan fingerprint density at radius 1 is 1.25 bits per heavy atom. The van der Waals surface area contributed by atoms with E-state index >= 15 is 0 Å². The van der Waals surface area contributed by atoms with Gasteiger partial charge in [-0.25, -0.2) is 0 Å². The van der Waals surface area contributed by atoms with Gasteiger partial charge in [-0.3, -0.25) is 0 Å². The number of rotatable bonds is 3. The maximum absolute atomic E-state index is 3.35. The van der Waals surface area contributed by atoms with Crippen molar-refractivity contribution in [1.29, 1.82) is 0 Å². The van der Waals surface area contributed by atoms with Gasteiger partial charge in [-0.15, -0.1) is 0 Å². The lowest BCUT2D eigenvalue weighted by atomic mass is 9.88. The Morgan fingerprint density at radius 2 is 2.19 bits per heavy atom. The summed E-state index contributed by atoms with van der Waals surface area (Å²) in [5, 5.41) is 3.35. The normalized spacial score (nSPS) is 28.4. The molecule has 2 unspecified atom stereocenters. The van der Waals surface area contributed by atoms with Crippen LogP contribution in [0.15, 0.2) is 60.4 Å². The Labute approximate surface area is 97.9 Å². The van der Waals surface area contributed by atoms with Gasteiger partial charge in [0.25, 0.3) is 0 Å². The number of hydrogen-bond donors (Lipinski definition) is 1. The van der Waals surface area contributed by atoms with E-state index in [1.54, 1.807) is 0 Å². The SMILES string of the molecule is C/C=C/NC1C=CC(C2C=CC=CC2)=CC1. The van der Waals surface area contributed by atoms with Gasteiger partial charge in [0.15, 0.2) is 0 Å². The molecule has 1 N–H and O–H groups in total. The van der Waals surface area contributed by atoms with Crippen LogP contribution in [-0.4, -0.2) is 6.04 Å². The summed E-state index contributed by atoms with van der Waals surface area (Å²) in [5.74, 6) is 0.587. The molecule has 16 heavy (non-hydrogen) atoms. The van der Waals surface area contributed by atoms with E-state index in [2.05, 4.69) is 47.8 Å². The summed E-state index contributed by atoms with van der Waals surface area (Å²) < 4.78 is 0. The van der Waals surface area contributed by atoms with Crippen molar-refractivity contribution in [1.82, 2.24) is 5.32 Å². The van der Waals surface area contributed by atoms with Crippen molar-refractivity contribution in [2.24, 2.45) is 5.92 Å². The molecular formula is C15H19N. The minimum absolute atomic E-state index is 0.461. The van der Waals surface area contributed by atoms with Crippen LogP contribution in [-0.2, 0) is 0 Å². The summed E-state index contributed by atoms with van der Waals surface area (Å²) >= 11 is 0. The molecule has 0 amide bonds. The number of nitrogens with one attached hydrogen (secondary N) is 1. The lowest BCUT2D eigenvalue weighted by molar-refractivity contribution is 0.681. The highest BCUT2D eigenvalue weighted by molar-refractivity contribution is 5.33. The Hall–Kier alpha value is -1.50. The van der Waals surface area contributed by atoms with Gasteiger partial charge in [0.05, 0.1) is 0 Å². The molecular weight excluding hydrogens is 194 g/mol. The van der Waals surface area contributed by atoms with Crippen molar-refractivity contribution in [2.75, 3.05) is 0 Å². The fraction of sp³-hybridized carbons (Fsp3) is 0.333. The first-order valence-corrected chi connectivity index (χ1v) is 5.99. The average Bonchev–Trinajstić information content (AvgIpc) is 2.38. The molecule has 2 aliphatic carbocycles. The van der Waals surface area contributed by atoms with Gasteiger partial charge >= 0.3 is 0 Å². The Kier molecular flexibility index (Phi) is 3.81. The van der Waals surface area contributed by atoms with E-state index in [4.69, 9.17) is 0 Å². The Bertz CT molecular complexity index is 369. The average molecular weight is 213 g/mol. The molecule has 0 radical (unpaired) electrons. The van der Waals surface area contributed by atoms with E-state index in [1.165, 1.54) is 5.57 Å². The quantitative estimate of drug-likeness (QED) is 0.756. The molecule has 1 heteroatoms. The first-order chi connectivity index (χ1) is 7.90. The Balaban J connectivity index is 1.91. The summed E-state index contributed by atoms with van der Waals surface area (Å²) in [6.07, 6.45) is 21.9. The molecule has 0 spiro atoms. The van der Waals surface area contributed by atoms with Crippen molar-refractivity contribution < 1.29 is 0 Å². The fourth-order valence-corrected chi connectivity index (χ4v) is 2.08. The topological polar surface area (TPSA) is 12.0 Å². The molecule has 2 rings (SSSR count). The third kappa shape index (κ3) is 2.75. The maximum Gasteiger partial charge on any atom is 0.0476 e. The molecule has 0 saturated heterocycles. The molecule has 2 atom stereocenters. The monoisotopic (exact) mass is 213 g/mol. The van der Waals surface area contributed by atoms with Crippen LogP contribution in [0, 0.1) is 5.92 Å². The van der Waals surface area contributed by atoms with Crippen molar-refractivity contribution in [3.63, 3.8) is 0 Å². The van der Waals surface area contributed by atoms with Gasteiger partial charge in [-0.2, -0.15) is 0 Å². The summed E-state index contributed by atoms with van der Waals surface area (Å²) in [5.41, 5.74) is 1.46. The maximum atomic E-state index is 3.35. The number of allylic oxidation sites excluding steroid dienone is 7. The molecule has 0 aromatic carbocycles. The molecule has 0 bridgehead atoms. The first-order valence-electron chi connectivity index (χ1n) is 5.99. The summed E-state index contributed by atoms with van der Waals surface area (Å²) in [6, 6.07) is 0.461. The van der Waals surface area contributed by atoms with Gasteiger partial charge in [-0.05, 0) is 31.5 Å². The predicted octanol–water partition coefficient (Wildman–Crippen LogP) is 3.50. The second-order valence-electron chi connectivity index (χ2n) is 4.23. The molecule has 1 nitrogen and oxygen atoms in total. The standard InChI is InChI=1S/C15H19N/c1-2-12-16-15-10-8-14(9-11-15)13-6-4-3-5-7-13/h2-6,8-10,12-13,15-16H,7,11H2,1H3/b12-2+. The van der Waals surface area contributed by atoms with Crippen LogP contribution in [0.1, 0.15) is 19.8 Å². The van der Waals surface area contributed by atoms with E-state index in [1.807, 2.05) is 19.2 Å². The lowest BCUT2D eigenvalue weighted by Gasteiger charge is -2.21. The molecule has 0 aromatic rings. The molecule has 0 fully saturated rings. The smallest absolute Gasteiger partial charge is 0.0476 e. The second-order valence-corrected chi connectivity index (χ2v) is 4.23. The summed E-state index contributed by atoms with van der Waals surface area (Å²) in [4.78, 5) is 0. The molecule has 0 aromatic heterocycles. The predicted molar refractivity (Wildman–Crippen MR) is 70.0 cm³/mol. The van der Waals surface area contributed by atoms with Crippen LogP contribution in [0.4, 0.5) is 0 Å². The largest absolute Gasteiger partial charge is 0.385 e. The van der Waals surface area contributed by atoms with Gasteiger partial charge in [-0.1, -0.05) is 48.6 Å². The van der Waals surface area contributed by atoms with E-state index in [9.17, 15) is 0 Å². The van der Waals surface area contributed by atoms with E-state index in [0.29, 0.717) is 12.0 Å². The van der Waals surface area contributed by atoms with Gasteiger partial charge < -0.3 is 5.32 Å². The third-order valence-corrected chi connectivity index (χ3v) is 3.01. The zero-order valence-electron chi connectivity index (χ0n) is 9.77. The van der Waals surface area contributed by atoms with Gasteiger partial charge in [0, 0.05) is 12.0 Å². The van der Waals surface area contributed by atoms with E-state index in [-0.39, 0.29) is 0 Å². The zero-order valence-corrected chi connectivity index (χ0v) is 9.77. The fourth-order valence-electron chi connectivity index (χ4n) is 2.08.